The molecule has 1 aromatic carbocycles. The zero-order valence-electron chi connectivity index (χ0n) is 10.3. The number of amides is 1. The molecule has 19 heavy (non-hydrogen) atoms. The SMILES string of the molecule is CCSC1=N/C(=C\c2ccc3occc3c2)C(=O)N1. The number of furan rings is 1. The highest BCUT2D eigenvalue weighted by molar-refractivity contribution is 8.13. The lowest BCUT2D eigenvalue weighted by Crippen LogP contribution is -2.21. The first kappa shape index (κ1) is 12.0. The Morgan fingerprint density at radius 3 is 3.16 bits per heavy atom. The summed E-state index contributed by atoms with van der Waals surface area (Å²) in [7, 11) is 0. The molecule has 2 aromatic rings. The predicted molar refractivity (Wildman–Crippen MR) is 77.9 cm³/mol. The van der Waals surface area contributed by atoms with Gasteiger partial charge in [0.2, 0.25) is 0 Å². The Bertz CT molecular complexity index is 700. The van der Waals surface area contributed by atoms with Crippen LogP contribution in [0.15, 0.2) is 45.6 Å². The number of carbonyl (C=O) groups excluding carboxylic acids is 1. The van der Waals surface area contributed by atoms with Crippen LogP contribution in [0.1, 0.15) is 12.5 Å². The van der Waals surface area contributed by atoms with Gasteiger partial charge in [-0.25, -0.2) is 4.99 Å². The van der Waals surface area contributed by atoms with Crippen LogP contribution in [0.5, 0.6) is 0 Å². The second-order valence-corrected chi connectivity index (χ2v) is 5.30. The molecule has 0 fully saturated rings. The van der Waals surface area contributed by atoms with Gasteiger partial charge in [-0.05, 0) is 35.6 Å². The molecule has 2 heterocycles. The first-order valence-corrected chi connectivity index (χ1v) is 6.96. The van der Waals surface area contributed by atoms with Crippen molar-refractivity contribution in [3.8, 4) is 0 Å². The zero-order chi connectivity index (χ0) is 13.2. The fourth-order valence-electron chi connectivity index (χ4n) is 1.88. The van der Waals surface area contributed by atoms with E-state index in [4.69, 9.17) is 4.42 Å². The fourth-order valence-corrected chi connectivity index (χ4v) is 2.49. The van der Waals surface area contributed by atoms with E-state index in [0.29, 0.717) is 10.9 Å². The van der Waals surface area contributed by atoms with Gasteiger partial charge >= 0.3 is 0 Å². The van der Waals surface area contributed by atoms with Crippen LogP contribution >= 0.6 is 11.8 Å². The van der Waals surface area contributed by atoms with E-state index in [1.165, 1.54) is 11.8 Å². The number of thioether (sulfide) groups is 1. The molecule has 0 aliphatic carbocycles. The molecule has 0 atom stereocenters. The first-order valence-electron chi connectivity index (χ1n) is 5.98. The molecule has 0 spiro atoms. The molecule has 1 N–H and O–H groups in total. The van der Waals surface area contributed by atoms with Gasteiger partial charge in [-0.2, -0.15) is 0 Å². The van der Waals surface area contributed by atoms with Gasteiger partial charge in [0.1, 0.15) is 11.3 Å². The number of aliphatic imine (C=N–C) groups is 1. The van der Waals surface area contributed by atoms with Crippen molar-refractivity contribution >= 4 is 39.9 Å². The summed E-state index contributed by atoms with van der Waals surface area (Å²) < 4.78 is 5.28. The third-order valence-corrected chi connectivity index (χ3v) is 3.49. The summed E-state index contributed by atoms with van der Waals surface area (Å²) >= 11 is 1.52. The molecular formula is C14H12N2O2S. The Balaban J connectivity index is 1.94. The number of hydrogen-bond acceptors (Lipinski definition) is 4. The van der Waals surface area contributed by atoms with Crippen molar-refractivity contribution in [2.75, 3.05) is 5.75 Å². The molecule has 1 aromatic heterocycles. The summed E-state index contributed by atoms with van der Waals surface area (Å²) in [6, 6.07) is 7.67. The van der Waals surface area contributed by atoms with Gasteiger partial charge in [0.25, 0.3) is 5.91 Å². The molecule has 3 rings (SSSR count). The number of fused-ring (bicyclic) bond motifs is 1. The molecule has 5 heteroatoms. The van der Waals surface area contributed by atoms with Crippen molar-refractivity contribution in [3.05, 3.63) is 41.8 Å². The second kappa shape index (κ2) is 4.93. The maximum Gasteiger partial charge on any atom is 0.275 e. The van der Waals surface area contributed by atoms with Crippen molar-refractivity contribution in [2.24, 2.45) is 4.99 Å². The van der Waals surface area contributed by atoms with Crippen molar-refractivity contribution in [1.29, 1.82) is 0 Å². The molecule has 4 nitrogen and oxygen atoms in total. The Hall–Kier alpha value is -2.01. The summed E-state index contributed by atoms with van der Waals surface area (Å²) in [6.45, 7) is 2.02. The average molecular weight is 272 g/mol. The van der Waals surface area contributed by atoms with Gasteiger partial charge in [0.05, 0.1) is 6.26 Å². The quantitative estimate of drug-likeness (QED) is 0.855. The normalized spacial score (nSPS) is 17.0. The summed E-state index contributed by atoms with van der Waals surface area (Å²) in [6.07, 6.45) is 3.43. The molecule has 1 amide bonds. The molecule has 96 valence electrons. The molecular weight excluding hydrogens is 260 g/mol. The van der Waals surface area contributed by atoms with E-state index in [9.17, 15) is 4.79 Å². The molecule has 1 aliphatic heterocycles. The second-order valence-electron chi connectivity index (χ2n) is 4.05. The van der Waals surface area contributed by atoms with Crippen LogP contribution in [-0.4, -0.2) is 16.8 Å². The lowest BCUT2D eigenvalue weighted by molar-refractivity contribution is -0.115. The molecule has 0 radical (unpaired) electrons. The number of nitrogens with one attached hydrogen (secondary N) is 1. The maximum absolute atomic E-state index is 11.8. The minimum atomic E-state index is -0.150. The third kappa shape index (κ3) is 2.42. The lowest BCUT2D eigenvalue weighted by Gasteiger charge is -1.95. The fraction of sp³-hybridized carbons (Fsp3) is 0.143. The standard InChI is InChI=1S/C14H12N2O2S/c1-2-19-14-15-11(13(17)16-14)8-9-3-4-12-10(7-9)5-6-18-12/h3-8H,2H2,1H3,(H,15,16,17)/b11-8-. The van der Waals surface area contributed by atoms with Crippen molar-refractivity contribution < 1.29 is 9.21 Å². The minimum Gasteiger partial charge on any atom is -0.464 e. The van der Waals surface area contributed by atoms with E-state index in [2.05, 4.69) is 10.3 Å². The highest BCUT2D eigenvalue weighted by atomic mass is 32.2. The van der Waals surface area contributed by atoms with Crippen LogP contribution in [0.25, 0.3) is 17.0 Å². The predicted octanol–water partition coefficient (Wildman–Crippen LogP) is 3.01. The lowest BCUT2D eigenvalue weighted by atomic mass is 10.1. The first-order chi connectivity index (χ1) is 9.26. The van der Waals surface area contributed by atoms with E-state index < -0.39 is 0 Å². The van der Waals surface area contributed by atoms with E-state index >= 15 is 0 Å². The summed E-state index contributed by atoms with van der Waals surface area (Å²) in [5, 5.41) is 4.43. The van der Waals surface area contributed by atoms with E-state index in [1.807, 2.05) is 31.2 Å². The Kier molecular flexibility index (Phi) is 3.13. The number of amidine groups is 1. The number of rotatable bonds is 2. The molecule has 0 unspecified atom stereocenters. The molecule has 0 bridgehead atoms. The number of carbonyl (C=O) groups is 1. The van der Waals surface area contributed by atoms with E-state index in [0.717, 1.165) is 22.3 Å². The molecule has 0 saturated carbocycles. The zero-order valence-corrected chi connectivity index (χ0v) is 11.2. The van der Waals surface area contributed by atoms with Crippen LogP contribution in [0, 0.1) is 0 Å². The van der Waals surface area contributed by atoms with Crippen LogP contribution in [-0.2, 0) is 4.79 Å². The number of nitrogens with zero attached hydrogens (tertiary/aromatic N) is 1. The van der Waals surface area contributed by atoms with Gasteiger partial charge < -0.3 is 4.42 Å². The average Bonchev–Trinajstić information content (AvgIpc) is 2.97. The van der Waals surface area contributed by atoms with Gasteiger partial charge in [-0.3, -0.25) is 10.1 Å². The van der Waals surface area contributed by atoms with Crippen LogP contribution in [0.2, 0.25) is 0 Å². The van der Waals surface area contributed by atoms with Crippen molar-refractivity contribution in [1.82, 2.24) is 5.32 Å². The summed E-state index contributed by atoms with van der Waals surface area (Å²) in [5.74, 6) is 0.733. The minimum absolute atomic E-state index is 0.150. The Morgan fingerprint density at radius 2 is 2.32 bits per heavy atom. The maximum atomic E-state index is 11.8. The smallest absolute Gasteiger partial charge is 0.275 e. The monoisotopic (exact) mass is 272 g/mol. The Morgan fingerprint density at radius 1 is 1.42 bits per heavy atom. The van der Waals surface area contributed by atoms with E-state index in [1.54, 1.807) is 12.3 Å². The topological polar surface area (TPSA) is 54.6 Å². The number of hydrogen-bond donors (Lipinski definition) is 1. The summed E-state index contributed by atoms with van der Waals surface area (Å²) in [5.41, 5.74) is 2.22. The van der Waals surface area contributed by atoms with Crippen molar-refractivity contribution in [3.63, 3.8) is 0 Å². The van der Waals surface area contributed by atoms with Crippen LogP contribution < -0.4 is 5.32 Å². The van der Waals surface area contributed by atoms with Gasteiger partial charge in [0.15, 0.2) is 5.17 Å². The van der Waals surface area contributed by atoms with Gasteiger partial charge in [-0.15, -0.1) is 0 Å². The van der Waals surface area contributed by atoms with Crippen molar-refractivity contribution in [2.45, 2.75) is 6.92 Å². The van der Waals surface area contributed by atoms with Crippen LogP contribution in [0.3, 0.4) is 0 Å². The highest BCUT2D eigenvalue weighted by Crippen LogP contribution is 2.21. The third-order valence-electron chi connectivity index (χ3n) is 2.74. The highest BCUT2D eigenvalue weighted by Gasteiger charge is 2.19. The molecule has 1 aliphatic rings. The largest absolute Gasteiger partial charge is 0.464 e. The van der Waals surface area contributed by atoms with Crippen LogP contribution in [0.4, 0.5) is 0 Å². The Labute approximate surface area is 114 Å². The molecule has 0 saturated heterocycles. The number of benzene rings is 1. The van der Waals surface area contributed by atoms with Gasteiger partial charge in [-0.1, -0.05) is 24.8 Å². The van der Waals surface area contributed by atoms with E-state index in [-0.39, 0.29) is 5.91 Å². The van der Waals surface area contributed by atoms with Gasteiger partial charge in [0, 0.05) is 5.39 Å². The summed E-state index contributed by atoms with van der Waals surface area (Å²) in [4.78, 5) is 16.0.